The summed E-state index contributed by atoms with van der Waals surface area (Å²) in [4.78, 5) is 18.5. The van der Waals surface area contributed by atoms with Crippen LogP contribution < -0.4 is 5.56 Å². The lowest BCUT2D eigenvalue weighted by atomic mass is 10.1. The van der Waals surface area contributed by atoms with E-state index in [0.717, 1.165) is 21.5 Å². The van der Waals surface area contributed by atoms with Gasteiger partial charge in [0.25, 0.3) is 5.56 Å². The number of benzene rings is 2. The summed E-state index contributed by atoms with van der Waals surface area (Å²) in [6, 6.07) is 19.5. The number of rotatable bonds is 4. The van der Waals surface area contributed by atoms with Crippen LogP contribution >= 0.6 is 23.1 Å². The summed E-state index contributed by atoms with van der Waals surface area (Å²) in [5, 5.41) is 12.3. The number of nitrogens with zero attached hydrogens (tertiary/aromatic N) is 3. The second-order valence-electron chi connectivity index (χ2n) is 6.05. The van der Waals surface area contributed by atoms with Gasteiger partial charge in [-0.1, -0.05) is 54.2 Å². The van der Waals surface area contributed by atoms with Crippen LogP contribution in [0.25, 0.3) is 21.3 Å². The van der Waals surface area contributed by atoms with Crippen molar-refractivity contribution in [3.05, 3.63) is 81.5 Å². The predicted octanol–water partition coefficient (Wildman–Crippen LogP) is 4.83. The molecular weight excluding hydrogens is 374 g/mol. The molecule has 0 saturated heterocycles. The van der Waals surface area contributed by atoms with Crippen LogP contribution in [0.15, 0.2) is 69.9 Å². The van der Waals surface area contributed by atoms with Gasteiger partial charge in [0.1, 0.15) is 4.83 Å². The third-order valence-corrected chi connectivity index (χ3v) is 6.28. The fourth-order valence-corrected chi connectivity index (χ4v) is 4.75. The van der Waals surface area contributed by atoms with E-state index in [2.05, 4.69) is 6.07 Å². The van der Waals surface area contributed by atoms with Gasteiger partial charge in [0.05, 0.1) is 17.0 Å². The first-order valence-electron chi connectivity index (χ1n) is 8.33. The van der Waals surface area contributed by atoms with Crippen molar-refractivity contribution in [2.75, 3.05) is 0 Å². The van der Waals surface area contributed by atoms with Gasteiger partial charge >= 0.3 is 0 Å². The van der Waals surface area contributed by atoms with E-state index in [1.807, 2.05) is 47.8 Å². The number of thiophene rings is 1. The Morgan fingerprint density at radius 1 is 1.15 bits per heavy atom. The Balaban J connectivity index is 1.68. The van der Waals surface area contributed by atoms with Crippen molar-refractivity contribution >= 4 is 33.3 Å². The topological polar surface area (TPSA) is 58.7 Å². The van der Waals surface area contributed by atoms with Crippen LogP contribution in [0.1, 0.15) is 11.1 Å². The van der Waals surface area contributed by atoms with Gasteiger partial charge < -0.3 is 0 Å². The van der Waals surface area contributed by atoms with Crippen molar-refractivity contribution in [2.24, 2.45) is 7.05 Å². The number of aromatic nitrogens is 2. The minimum Gasteiger partial charge on any atom is -0.290 e. The first-order valence-corrected chi connectivity index (χ1v) is 10.2. The van der Waals surface area contributed by atoms with Crippen LogP contribution in [0, 0.1) is 11.3 Å². The van der Waals surface area contributed by atoms with Gasteiger partial charge in [-0.05, 0) is 23.3 Å². The zero-order valence-corrected chi connectivity index (χ0v) is 16.2. The molecule has 2 heterocycles. The van der Waals surface area contributed by atoms with Crippen molar-refractivity contribution in [1.29, 1.82) is 5.26 Å². The fourth-order valence-electron chi connectivity index (χ4n) is 2.84. The zero-order chi connectivity index (χ0) is 18.8. The van der Waals surface area contributed by atoms with Crippen molar-refractivity contribution < 1.29 is 0 Å². The standard InChI is InChI=1S/C21H15N3OS2/c1-24-20(25)18-17(16-5-3-2-4-6-16)13-26-19(18)23-21(24)27-12-15-9-7-14(11-22)8-10-15/h2-10,13H,12H2,1H3. The molecule has 2 aromatic heterocycles. The molecule has 0 aliphatic carbocycles. The summed E-state index contributed by atoms with van der Waals surface area (Å²) in [5.74, 6) is 0.689. The molecular formula is C21H15N3OS2. The first kappa shape index (κ1) is 17.5. The van der Waals surface area contributed by atoms with Crippen molar-refractivity contribution in [2.45, 2.75) is 10.9 Å². The highest BCUT2D eigenvalue weighted by Gasteiger charge is 2.15. The normalized spacial score (nSPS) is 10.8. The predicted molar refractivity (Wildman–Crippen MR) is 111 cm³/mol. The van der Waals surface area contributed by atoms with E-state index < -0.39 is 0 Å². The van der Waals surface area contributed by atoms with E-state index in [4.69, 9.17) is 10.2 Å². The Bertz CT molecular complexity index is 1200. The molecule has 0 N–H and O–H groups in total. The van der Waals surface area contributed by atoms with Crippen LogP contribution in [0.3, 0.4) is 0 Å². The van der Waals surface area contributed by atoms with E-state index in [1.54, 1.807) is 23.7 Å². The van der Waals surface area contributed by atoms with Crippen LogP contribution in [-0.2, 0) is 12.8 Å². The molecule has 4 nitrogen and oxygen atoms in total. The Morgan fingerprint density at radius 3 is 2.59 bits per heavy atom. The number of fused-ring (bicyclic) bond motifs is 1. The Labute approximate surface area is 164 Å². The second kappa shape index (κ2) is 7.39. The monoisotopic (exact) mass is 389 g/mol. The molecule has 0 fully saturated rings. The third kappa shape index (κ3) is 3.39. The third-order valence-electron chi connectivity index (χ3n) is 4.31. The van der Waals surface area contributed by atoms with E-state index in [9.17, 15) is 4.79 Å². The second-order valence-corrected chi connectivity index (χ2v) is 7.85. The van der Waals surface area contributed by atoms with Crippen molar-refractivity contribution in [1.82, 2.24) is 9.55 Å². The van der Waals surface area contributed by atoms with Crippen LogP contribution in [-0.4, -0.2) is 9.55 Å². The zero-order valence-electron chi connectivity index (χ0n) is 14.5. The highest BCUT2D eigenvalue weighted by atomic mass is 32.2. The van der Waals surface area contributed by atoms with E-state index in [1.165, 1.54) is 23.1 Å². The maximum Gasteiger partial charge on any atom is 0.263 e. The number of nitriles is 1. The molecule has 0 amide bonds. The van der Waals surface area contributed by atoms with Gasteiger partial charge in [-0.25, -0.2) is 4.98 Å². The number of hydrogen-bond acceptors (Lipinski definition) is 5. The van der Waals surface area contributed by atoms with Crippen molar-refractivity contribution in [3.63, 3.8) is 0 Å². The molecule has 132 valence electrons. The molecule has 4 rings (SSSR count). The molecule has 27 heavy (non-hydrogen) atoms. The smallest absolute Gasteiger partial charge is 0.263 e. The van der Waals surface area contributed by atoms with Gasteiger partial charge in [-0.15, -0.1) is 11.3 Å². The Kier molecular flexibility index (Phi) is 4.80. The molecule has 0 saturated carbocycles. The maximum atomic E-state index is 13.0. The molecule has 0 aliphatic heterocycles. The molecule has 0 radical (unpaired) electrons. The lowest BCUT2D eigenvalue weighted by Gasteiger charge is -2.08. The highest BCUT2D eigenvalue weighted by molar-refractivity contribution is 7.98. The minimum absolute atomic E-state index is 0.0255. The van der Waals surface area contributed by atoms with Crippen LogP contribution in [0.2, 0.25) is 0 Å². The SMILES string of the molecule is Cn1c(SCc2ccc(C#N)cc2)nc2scc(-c3ccccc3)c2c1=O. The van der Waals surface area contributed by atoms with Crippen molar-refractivity contribution in [3.8, 4) is 17.2 Å². The summed E-state index contributed by atoms with van der Waals surface area (Å²) in [6.07, 6.45) is 0. The van der Waals surface area contributed by atoms with E-state index in [0.29, 0.717) is 21.9 Å². The summed E-state index contributed by atoms with van der Waals surface area (Å²) >= 11 is 3.02. The fraction of sp³-hybridized carbons (Fsp3) is 0.0952. The first-order chi connectivity index (χ1) is 13.2. The minimum atomic E-state index is -0.0255. The Hall–Kier alpha value is -2.88. The number of thioether (sulfide) groups is 1. The quantitative estimate of drug-likeness (QED) is 0.371. The maximum absolute atomic E-state index is 13.0. The summed E-state index contributed by atoms with van der Waals surface area (Å²) < 4.78 is 1.62. The average Bonchev–Trinajstić information content (AvgIpc) is 3.14. The molecule has 2 aromatic carbocycles. The molecule has 4 aromatic rings. The largest absolute Gasteiger partial charge is 0.290 e. The van der Waals surface area contributed by atoms with Crippen LogP contribution in [0.5, 0.6) is 0 Å². The molecule has 0 spiro atoms. The lowest BCUT2D eigenvalue weighted by molar-refractivity contribution is 0.728. The van der Waals surface area contributed by atoms with E-state index >= 15 is 0 Å². The molecule has 0 bridgehead atoms. The van der Waals surface area contributed by atoms with Crippen LogP contribution in [0.4, 0.5) is 0 Å². The summed E-state index contributed by atoms with van der Waals surface area (Å²) in [7, 11) is 1.77. The highest BCUT2D eigenvalue weighted by Crippen LogP contribution is 2.32. The molecule has 0 atom stereocenters. The van der Waals surface area contributed by atoms with Gasteiger partial charge in [0.2, 0.25) is 0 Å². The van der Waals surface area contributed by atoms with Gasteiger partial charge in [0, 0.05) is 23.7 Å². The summed E-state index contributed by atoms with van der Waals surface area (Å²) in [6.45, 7) is 0. The van der Waals surface area contributed by atoms with Gasteiger partial charge in [-0.2, -0.15) is 5.26 Å². The van der Waals surface area contributed by atoms with E-state index in [-0.39, 0.29) is 5.56 Å². The Morgan fingerprint density at radius 2 is 1.89 bits per heavy atom. The molecule has 6 heteroatoms. The lowest BCUT2D eigenvalue weighted by Crippen LogP contribution is -2.19. The van der Waals surface area contributed by atoms with Gasteiger partial charge in [0.15, 0.2) is 5.16 Å². The number of hydrogen-bond donors (Lipinski definition) is 0. The van der Waals surface area contributed by atoms with Gasteiger partial charge in [-0.3, -0.25) is 9.36 Å². The summed E-state index contributed by atoms with van der Waals surface area (Å²) in [5.41, 5.74) is 3.67. The molecule has 0 aliphatic rings. The average molecular weight is 390 g/mol. The molecule has 0 unspecified atom stereocenters.